The molecule has 1 fully saturated rings. The second-order valence-corrected chi connectivity index (χ2v) is 11.9. The highest BCUT2D eigenvalue weighted by Crippen LogP contribution is 2.34. The van der Waals surface area contributed by atoms with Crippen LogP contribution in [0.25, 0.3) is 10.9 Å². The number of carbonyl (C=O) groups excluding carboxylic acids is 3. The molecule has 1 aliphatic rings. The van der Waals surface area contributed by atoms with Gasteiger partial charge in [0.15, 0.2) is 5.78 Å². The fourth-order valence-electron chi connectivity index (χ4n) is 5.32. The molecule has 2 heterocycles. The summed E-state index contributed by atoms with van der Waals surface area (Å²) in [4.78, 5) is 50.9. The van der Waals surface area contributed by atoms with Crippen molar-refractivity contribution in [3.63, 3.8) is 0 Å². The number of nitrogens with one attached hydrogen (secondary N) is 3. The third-order valence-electron chi connectivity index (χ3n) is 7.90. The number of para-hydroxylation sites is 2. The third kappa shape index (κ3) is 7.57. The minimum atomic E-state index is -0.778. The van der Waals surface area contributed by atoms with Crippen LogP contribution in [0.1, 0.15) is 46.1 Å². The van der Waals surface area contributed by atoms with Crippen molar-refractivity contribution in [1.29, 1.82) is 0 Å². The number of ether oxygens (including phenoxy) is 2. The molecule has 0 saturated carbocycles. The van der Waals surface area contributed by atoms with Gasteiger partial charge in [-0.05, 0) is 50.4 Å². The van der Waals surface area contributed by atoms with E-state index in [4.69, 9.17) is 9.47 Å². The first kappa shape index (κ1) is 34.5. The summed E-state index contributed by atoms with van der Waals surface area (Å²) in [6.07, 6.45) is 2.78. The summed E-state index contributed by atoms with van der Waals surface area (Å²) < 4.78 is 11.1. The van der Waals surface area contributed by atoms with E-state index in [0.717, 1.165) is 5.69 Å². The first-order valence-corrected chi connectivity index (χ1v) is 14.5. The summed E-state index contributed by atoms with van der Waals surface area (Å²) in [7, 11) is 4.85. The van der Waals surface area contributed by atoms with Crippen molar-refractivity contribution in [2.45, 2.75) is 65.1 Å². The van der Waals surface area contributed by atoms with E-state index < -0.39 is 23.5 Å². The Bertz CT molecular complexity index is 1490. The Morgan fingerprint density at radius 1 is 1.07 bits per heavy atom. The molecule has 1 aromatic heterocycles. The molecule has 3 atom stereocenters. The van der Waals surface area contributed by atoms with Crippen molar-refractivity contribution >= 4 is 52.4 Å². The summed E-state index contributed by atoms with van der Waals surface area (Å²) in [5.74, 6) is 1.14. The number of likely N-dealkylation sites (tertiary alicyclic amines) is 1. The summed E-state index contributed by atoms with van der Waals surface area (Å²) in [5, 5.41) is 9.86. The molecule has 2 aromatic carbocycles. The Kier molecular flexibility index (Phi) is 11.5. The zero-order valence-electron chi connectivity index (χ0n) is 26.4. The number of nitrogens with zero attached hydrogens (tertiary/aromatic N) is 3. The van der Waals surface area contributed by atoms with Crippen LogP contribution in [0.2, 0.25) is 0 Å². The Balaban J connectivity index is 0.00000529. The van der Waals surface area contributed by atoms with Gasteiger partial charge in [0.25, 0.3) is 0 Å². The van der Waals surface area contributed by atoms with Crippen LogP contribution in [0.5, 0.6) is 11.5 Å². The minimum absolute atomic E-state index is 0. The molecule has 1 saturated heterocycles. The van der Waals surface area contributed by atoms with E-state index in [9.17, 15) is 14.4 Å². The number of Topliss-reactive ketones (excluding diaryl/α,β-unsaturated/α-hetero) is 1. The number of hydrogen-bond donors (Lipinski definition) is 3. The van der Waals surface area contributed by atoms with Gasteiger partial charge in [-0.1, -0.05) is 32.9 Å². The highest BCUT2D eigenvalue weighted by atomic mass is 35.5. The first-order valence-electron chi connectivity index (χ1n) is 14.5. The van der Waals surface area contributed by atoms with Crippen LogP contribution in [0, 0.1) is 5.41 Å². The number of methoxy groups -OCH3 is 2. The zero-order chi connectivity index (χ0) is 31.3. The number of fused-ring (bicyclic) bond motifs is 1. The maximum Gasteiger partial charge on any atom is 0.246 e. The number of ketones is 1. The van der Waals surface area contributed by atoms with E-state index in [2.05, 4.69) is 25.9 Å². The van der Waals surface area contributed by atoms with Crippen molar-refractivity contribution in [3.05, 3.63) is 48.3 Å². The maximum atomic E-state index is 13.9. The van der Waals surface area contributed by atoms with Gasteiger partial charge in [0.05, 0.1) is 37.5 Å². The number of anilines is 2. The molecular weight excluding hydrogens is 584 g/mol. The van der Waals surface area contributed by atoms with E-state index in [-0.39, 0.29) is 36.4 Å². The van der Waals surface area contributed by atoms with Crippen LogP contribution in [-0.4, -0.2) is 78.4 Å². The highest BCUT2D eigenvalue weighted by Gasteiger charge is 2.42. The maximum absolute atomic E-state index is 13.9. The Labute approximate surface area is 264 Å². The van der Waals surface area contributed by atoms with Crippen molar-refractivity contribution in [2.24, 2.45) is 5.41 Å². The van der Waals surface area contributed by atoms with E-state index in [1.54, 1.807) is 39.2 Å². The fourth-order valence-corrected chi connectivity index (χ4v) is 5.32. The molecule has 1 aliphatic heterocycles. The molecule has 0 aliphatic carbocycles. The number of carbonyl (C=O) groups is 3. The first-order chi connectivity index (χ1) is 20.5. The van der Waals surface area contributed by atoms with E-state index in [1.807, 2.05) is 51.1 Å². The predicted molar refractivity (Wildman–Crippen MR) is 173 cm³/mol. The van der Waals surface area contributed by atoms with Crippen LogP contribution in [0.4, 0.5) is 11.5 Å². The molecule has 44 heavy (non-hydrogen) atoms. The van der Waals surface area contributed by atoms with E-state index in [0.29, 0.717) is 53.2 Å². The second kappa shape index (κ2) is 14.7. The molecule has 2 amide bonds. The van der Waals surface area contributed by atoms with Crippen LogP contribution < -0.4 is 25.4 Å². The largest absolute Gasteiger partial charge is 0.496 e. The van der Waals surface area contributed by atoms with Gasteiger partial charge in [-0.3, -0.25) is 14.4 Å². The van der Waals surface area contributed by atoms with Gasteiger partial charge in [-0.2, -0.15) is 0 Å². The molecule has 3 N–H and O–H groups in total. The van der Waals surface area contributed by atoms with Crippen molar-refractivity contribution in [3.8, 4) is 11.5 Å². The van der Waals surface area contributed by atoms with Gasteiger partial charge in [0, 0.05) is 30.0 Å². The van der Waals surface area contributed by atoms with Crippen LogP contribution >= 0.6 is 12.4 Å². The summed E-state index contributed by atoms with van der Waals surface area (Å²) >= 11 is 0. The summed E-state index contributed by atoms with van der Waals surface area (Å²) in [6, 6.07) is 9.33. The lowest BCUT2D eigenvalue weighted by molar-refractivity contribution is -0.143. The standard InChI is InChI=1S/C32H42N6O5.ClH/c1-19(33-5)30(40)37-28(32(2,3)4)31(41)38-14-10-12-24(38)25(39)16-20-15-21-23(17-27(20)43-7)34-18-35-29(21)36-22-11-8-9-13-26(22)42-6;/h8-9,11,13,15,17-19,24,28,33H,10,12,14,16H2,1-7H3,(H,37,40)(H,34,35,36);1H/t19-,24-,28+;/m0./s1. The lowest BCUT2D eigenvalue weighted by Crippen LogP contribution is -2.58. The minimum Gasteiger partial charge on any atom is -0.496 e. The van der Waals surface area contributed by atoms with Crippen LogP contribution in [0.15, 0.2) is 42.7 Å². The van der Waals surface area contributed by atoms with Gasteiger partial charge in [0.1, 0.15) is 29.7 Å². The van der Waals surface area contributed by atoms with E-state index >= 15 is 0 Å². The molecule has 238 valence electrons. The second-order valence-electron chi connectivity index (χ2n) is 11.9. The molecular formula is C32H43ClN6O5. The van der Waals surface area contributed by atoms with Crippen molar-refractivity contribution in [2.75, 3.05) is 33.1 Å². The topological polar surface area (TPSA) is 135 Å². The molecule has 12 heteroatoms. The predicted octanol–water partition coefficient (Wildman–Crippen LogP) is 4.05. The molecule has 3 aromatic rings. The van der Waals surface area contributed by atoms with E-state index in [1.165, 1.54) is 6.33 Å². The van der Waals surface area contributed by atoms with Gasteiger partial charge in [0.2, 0.25) is 11.8 Å². The van der Waals surface area contributed by atoms with Gasteiger partial charge < -0.3 is 30.3 Å². The Hall–Kier alpha value is -3.96. The average molecular weight is 627 g/mol. The van der Waals surface area contributed by atoms with Gasteiger partial charge in [-0.25, -0.2) is 9.97 Å². The molecule has 4 rings (SSSR count). The summed E-state index contributed by atoms with van der Waals surface area (Å²) in [5.41, 5.74) is 1.50. The lowest BCUT2D eigenvalue weighted by Gasteiger charge is -2.36. The molecule has 0 bridgehead atoms. The Morgan fingerprint density at radius 3 is 2.43 bits per heavy atom. The Morgan fingerprint density at radius 2 is 1.77 bits per heavy atom. The smallest absolute Gasteiger partial charge is 0.246 e. The SMILES string of the molecule is CN[C@@H](C)C(=O)N[C@H](C(=O)N1CCC[C@H]1C(=O)Cc1cc2c(Nc3ccccc3OC)ncnc2cc1OC)C(C)(C)C.Cl. The molecule has 11 nitrogen and oxygen atoms in total. The number of rotatable bonds is 11. The van der Waals surface area contributed by atoms with Crippen molar-refractivity contribution < 1.29 is 23.9 Å². The molecule has 0 unspecified atom stereocenters. The quantitative estimate of drug-likeness (QED) is 0.288. The monoisotopic (exact) mass is 626 g/mol. The summed E-state index contributed by atoms with van der Waals surface area (Å²) in [6.45, 7) is 7.91. The lowest BCUT2D eigenvalue weighted by atomic mass is 9.85. The number of amides is 2. The van der Waals surface area contributed by atoms with Crippen molar-refractivity contribution in [1.82, 2.24) is 25.5 Å². The number of aromatic nitrogens is 2. The number of halogens is 1. The normalized spacial score (nSPS) is 16.1. The molecule has 0 spiro atoms. The van der Waals surface area contributed by atoms with Gasteiger partial charge in [-0.15, -0.1) is 12.4 Å². The fraction of sp³-hybridized carbons (Fsp3) is 0.469. The molecule has 0 radical (unpaired) electrons. The highest BCUT2D eigenvalue weighted by molar-refractivity contribution is 5.97. The number of hydrogen-bond acceptors (Lipinski definition) is 9. The van der Waals surface area contributed by atoms with Crippen LogP contribution in [-0.2, 0) is 20.8 Å². The number of likely N-dealkylation sites (N-methyl/N-ethyl adjacent to an activating group) is 1. The zero-order valence-corrected chi connectivity index (χ0v) is 27.2. The van der Waals surface area contributed by atoms with Crippen LogP contribution in [0.3, 0.4) is 0 Å². The van der Waals surface area contributed by atoms with Gasteiger partial charge >= 0.3 is 0 Å². The third-order valence-corrected chi connectivity index (χ3v) is 7.90. The average Bonchev–Trinajstić information content (AvgIpc) is 3.49. The number of benzene rings is 2.